The Morgan fingerprint density at radius 3 is 2.56 bits per heavy atom. The van der Waals surface area contributed by atoms with Crippen molar-refractivity contribution >= 4 is 46.3 Å². The van der Waals surface area contributed by atoms with Crippen LogP contribution >= 0.6 is 23.2 Å². The van der Waals surface area contributed by atoms with Gasteiger partial charge in [0, 0.05) is 30.5 Å². The summed E-state index contributed by atoms with van der Waals surface area (Å²) >= 11 is 12.3. The molecule has 0 bridgehead atoms. The van der Waals surface area contributed by atoms with E-state index in [9.17, 15) is 0 Å². The number of hydrogen-bond acceptors (Lipinski definition) is 5. The number of aromatic nitrogens is 3. The first-order valence-electron chi connectivity index (χ1n) is 8.97. The normalized spacial score (nSPS) is 11.0. The molecular formula is C19H23Cl2N5O. The van der Waals surface area contributed by atoms with Gasteiger partial charge in [0.25, 0.3) is 0 Å². The van der Waals surface area contributed by atoms with Crippen molar-refractivity contribution in [2.45, 2.75) is 26.7 Å². The van der Waals surface area contributed by atoms with E-state index in [4.69, 9.17) is 27.9 Å². The zero-order valence-corrected chi connectivity index (χ0v) is 17.2. The molecule has 3 aromatic rings. The lowest BCUT2D eigenvalue weighted by Crippen LogP contribution is -2.28. The van der Waals surface area contributed by atoms with Gasteiger partial charge in [-0.15, -0.1) is 0 Å². The number of nitrogens with one attached hydrogen (secondary N) is 1. The Morgan fingerprint density at radius 1 is 1.19 bits per heavy atom. The van der Waals surface area contributed by atoms with E-state index in [2.05, 4.69) is 34.0 Å². The van der Waals surface area contributed by atoms with Crippen molar-refractivity contribution in [3.8, 4) is 5.75 Å². The third-order valence-electron chi connectivity index (χ3n) is 4.15. The second-order valence-corrected chi connectivity index (χ2v) is 6.99. The number of benzene rings is 1. The van der Waals surface area contributed by atoms with Crippen LogP contribution in [0.3, 0.4) is 0 Å². The Hall–Kier alpha value is -2.18. The van der Waals surface area contributed by atoms with Gasteiger partial charge >= 0.3 is 0 Å². The molecule has 0 saturated carbocycles. The molecule has 2 heterocycles. The third kappa shape index (κ3) is 4.06. The number of hydrogen-bond donors (Lipinski definition) is 1. The minimum absolute atomic E-state index is 0.509. The summed E-state index contributed by atoms with van der Waals surface area (Å²) in [6.45, 7) is 6.13. The number of fused-ring (bicyclic) bond motifs is 1. The molecule has 0 aliphatic carbocycles. The highest BCUT2D eigenvalue weighted by Crippen LogP contribution is 2.38. The predicted molar refractivity (Wildman–Crippen MR) is 112 cm³/mol. The predicted octanol–water partition coefficient (Wildman–Crippen LogP) is 5.41. The summed E-state index contributed by atoms with van der Waals surface area (Å²) in [5.74, 6) is 2.73. The smallest absolute Gasteiger partial charge is 0.237 e. The van der Waals surface area contributed by atoms with Gasteiger partial charge in [-0.05, 0) is 31.0 Å². The van der Waals surface area contributed by atoms with E-state index in [1.165, 1.54) is 0 Å². The van der Waals surface area contributed by atoms with Gasteiger partial charge in [0.1, 0.15) is 0 Å². The van der Waals surface area contributed by atoms with Gasteiger partial charge in [-0.2, -0.15) is 4.98 Å². The fraction of sp³-hybridized carbons (Fsp3) is 0.368. The van der Waals surface area contributed by atoms with Crippen LogP contribution in [0.15, 0.2) is 30.6 Å². The fourth-order valence-electron chi connectivity index (χ4n) is 3.06. The first-order valence-corrected chi connectivity index (χ1v) is 9.72. The van der Waals surface area contributed by atoms with Gasteiger partial charge in [0.05, 0.1) is 17.8 Å². The van der Waals surface area contributed by atoms with Crippen molar-refractivity contribution in [3.63, 3.8) is 0 Å². The summed E-state index contributed by atoms with van der Waals surface area (Å²) in [6, 6.07) is 5.28. The summed E-state index contributed by atoms with van der Waals surface area (Å²) in [4.78, 5) is 11.3. The van der Waals surface area contributed by atoms with Gasteiger partial charge < -0.3 is 15.0 Å². The Labute approximate surface area is 169 Å². The monoisotopic (exact) mass is 407 g/mol. The molecule has 0 atom stereocenters. The molecule has 8 heteroatoms. The van der Waals surface area contributed by atoms with Crippen LogP contribution in [-0.4, -0.2) is 34.6 Å². The van der Waals surface area contributed by atoms with Crippen LogP contribution in [0.2, 0.25) is 10.0 Å². The number of nitrogens with zero attached hydrogens (tertiary/aromatic N) is 4. The summed E-state index contributed by atoms with van der Waals surface area (Å²) in [5, 5.41) is 4.36. The topological polar surface area (TPSA) is 54.7 Å². The van der Waals surface area contributed by atoms with Crippen molar-refractivity contribution in [1.82, 2.24) is 14.4 Å². The van der Waals surface area contributed by atoms with Gasteiger partial charge in [-0.3, -0.25) is 4.40 Å². The van der Waals surface area contributed by atoms with Crippen LogP contribution < -0.4 is 15.0 Å². The van der Waals surface area contributed by atoms with Crippen LogP contribution in [0.5, 0.6) is 5.75 Å². The van der Waals surface area contributed by atoms with Crippen molar-refractivity contribution in [3.05, 3.63) is 40.6 Å². The van der Waals surface area contributed by atoms with E-state index in [-0.39, 0.29) is 0 Å². The minimum Gasteiger partial charge on any atom is -0.490 e. The summed E-state index contributed by atoms with van der Waals surface area (Å²) in [7, 11) is 1.65. The number of rotatable bonds is 8. The number of ether oxygens (including phenoxy) is 1. The maximum Gasteiger partial charge on any atom is 0.237 e. The molecule has 0 saturated heterocycles. The summed E-state index contributed by atoms with van der Waals surface area (Å²) in [6.07, 6.45) is 5.68. The lowest BCUT2D eigenvalue weighted by Gasteiger charge is -2.27. The van der Waals surface area contributed by atoms with Gasteiger partial charge in [0.2, 0.25) is 11.5 Å². The molecule has 1 N–H and O–H groups in total. The maximum atomic E-state index is 6.33. The molecule has 27 heavy (non-hydrogen) atoms. The highest BCUT2D eigenvalue weighted by molar-refractivity contribution is 6.36. The van der Waals surface area contributed by atoms with Crippen LogP contribution in [0.25, 0.3) is 5.78 Å². The number of anilines is 3. The standard InChI is InChI=1S/C19H23Cl2N5O/c1-4-9-25(10-5-2)18-16(27-3)17(24-19-22-8-11-26(18)19)23-15-7-6-13(20)12-14(15)21/h6-8,11-12H,4-5,9-10H2,1-3H3,(H,22,23,24). The summed E-state index contributed by atoms with van der Waals surface area (Å²) in [5.41, 5.74) is 0.700. The van der Waals surface area contributed by atoms with E-state index in [1.54, 1.807) is 25.4 Å². The van der Waals surface area contributed by atoms with Crippen molar-refractivity contribution in [2.75, 3.05) is 30.4 Å². The molecule has 3 rings (SSSR count). The second kappa shape index (κ2) is 8.67. The molecule has 2 aromatic heterocycles. The lowest BCUT2D eigenvalue weighted by molar-refractivity contribution is 0.412. The molecule has 0 amide bonds. The molecule has 144 valence electrons. The Kier molecular flexibility index (Phi) is 6.29. The average Bonchev–Trinajstić information content (AvgIpc) is 3.10. The number of methoxy groups -OCH3 is 1. The lowest BCUT2D eigenvalue weighted by atomic mass is 10.3. The maximum absolute atomic E-state index is 6.33. The van der Waals surface area contributed by atoms with Crippen molar-refractivity contribution < 1.29 is 4.74 Å². The van der Waals surface area contributed by atoms with Crippen LogP contribution in [-0.2, 0) is 0 Å². The quantitative estimate of drug-likeness (QED) is 0.540. The first-order chi connectivity index (χ1) is 13.1. The van der Waals surface area contributed by atoms with Crippen LogP contribution in [0, 0.1) is 0 Å². The fourth-order valence-corrected chi connectivity index (χ4v) is 3.52. The first kappa shape index (κ1) is 19.6. The molecular weight excluding hydrogens is 385 g/mol. The average molecular weight is 408 g/mol. The molecule has 0 spiro atoms. The Bertz CT molecular complexity index is 922. The SMILES string of the molecule is CCCN(CCC)c1c(OC)c(Nc2ccc(Cl)cc2Cl)nc2nccn12. The molecule has 0 fully saturated rings. The molecule has 0 unspecified atom stereocenters. The highest BCUT2D eigenvalue weighted by Gasteiger charge is 2.22. The van der Waals surface area contributed by atoms with Gasteiger partial charge in [0.15, 0.2) is 11.6 Å². The number of halogens is 2. The number of imidazole rings is 1. The summed E-state index contributed by atoms with van der Waals surface area (Å²) < 4.78 is 7.74. The van der Waals surface area contributed by atoms with Crippen molar-refractivity contribution in [2.24, 2.45) is 0 Å². The van der Waals surface area contributed by atoms with E-state index in [0.29, 0.717) is 33.1 Å². The molecule has 0 aliphatic heterocycles. The third-order valence-corrected chi connectivity index (χ3v) is 4.70. The van der Waals surface area contributed by atoms with Crippen molar-refractivity contribution in [1.29, 1.82) is 0 Å². The van der Waals surface area contributed by atoms with E-state index >= 15 is 0 Å². The Morgan fingerprint density at radius 2 is 1.93 bits per heavy atom. The zero-order chi connectivity index (χ0) is 19.4. The molecule has 6 nitrogen and oxygen atoms in total. The van der Waals surface area contributed by atoms with Gasteiger partial charge in [-0.1, -0.05) is 37.0 Å². The van der Waals surface area contributed by atoms with Crippen LogP contribution in [0.4, 0.5) is 17.3 Å². The molecule has 0 radical (unpaired) electrons. The largest absolute Gasteiger partial charge is 0.490 e. The van der Waals surface area contributed by atoms with E-state index in [0.717, 1.165) is 31.7 Å². The van der Waals surface area contributed by atoms with Crippen LogP contribution in [0.1, 0.15) is 26.7 Å². The Balaban J connectivity index is 2.15. The van der Waals surface area contributed by atoms with E-state index < -0.39 is 0 Å². The zero-order valence-electron chi connectivity index (χ0n) is 15.7. The molecule has 0 aliphatic rings. The van der Waals surface area contributed by atoms with E-state index in [1.807, 2.05) is 16.7 Å². The highest BCUT2D eigenvalue weighted by atomic mass is 35.5. The van der Waals surface area contributed by atoms with Gasteiger partial charge in [-0.25, -0.2) is 4.98 Å². The second-order valence-electron chi connectivity index (χ2n) is 6.15. The molecule has 1 aromatic carbocycles. The minimum atomic E-state index is 0.509.